The quantitative estimate of drug-likeness (QED) is 0.668. The SMILES string of the molecule is CCC(Sc1c([O-])on[n+]1C)C(=O)Nc1ccc(Cl)cc1. The van der Waals surface area contributed by atoms with Crippen LogP contribution >= 0.6 is 23.4 Å². The van der Waals surface area contributed by atoms with Crippen molar-refractivity contribution in [3.63, 3.8) is 0 Å². The summed E-state index contributed by atoms with van der Waals surface area (Å²) in [4.78, 5) is 12.3. The minimum absolute atomic E-state index is 0.189. The molecule has 8 heteroatoms. The smallest absolute Gasteiger partial charge is 0.291 e. The minimum Gasteiger partial charge on any atom is -0.538 e. The zero-order valence-electron chi connectivity index (χ0n) is 11.5. The van der Waals surface area contributed by atoms with Gasteiger partial charge in [0.25, 0.3) is 5.03 Å². The molecule has 0 radical (unpaired) electrons. The van der Waals surface area contributed by atoms with Crippen LogP contribution in [0.25, 0.3) is 0 Å². The number of aryl methyl sites for hydroxylation is 1. The van der Waals surface area contributed by atoms with E-state index < -0.39 is 11.2 Å². The third-order valence-corrected chi connectivity index (χ3v) is 4.48. The van der Waals surface area contributed by atoms with E-state index in [-0.39, 0.29) is 5.91 Å². The summed E-state index contributed by atoms with van der Waals surface area (Å²) < 4.78 is 5.87. The first-order valence-electron chi connectivity index (χ1n) is 6.27. The molecule has 1 heterocycles. The molecule has 0 aliphatic carbocycles. The van der Waals surface area contributed by atoms with Gasteiger partial charge in [-0.15, -0.1) is 0 Å². The molecular formula is C13H14ClN3O3S. The van der Waals surface area contributed by atoms with Crippen molar-refractivity contribution in [1.29, 1.82) is 0 Å². The van der Waals surface area contributed by atoms with Crippen LogP contribution in [0.15, 0.2) is 33.8 Å². The average molecular weight is 328 g/mol. The monoisotopic (exact) mass is 327 g/mol. The Labute approximate surface area is 131 Å². The fourth-order valence-corrected chi connectivity index (χ4v) is 2.69. The number of nitrogens with one attached hydrogen (secondary N) is 1. The van der Waals surface area contributed by atoms with E-state index >= 15 is 0 Å². The number of amides is 1. The lowest BCUT2D eigenvalue weighted by atomic mass is 10.3. The second-order valence-electron chi connectivity index (χ2n) is 4.30. The molecule has 1 aromatic heterocycles. The van der Waals surface area contributed by atoms with Crippen LogP contribution in [-0.2, 0) is 11.8 Å². The van der Waals surface area contributed by atoms with Crippen molar-refractivity contribution in [2.75, 3.05) is 5.32 Å². The molecule has 1 unspecified atom stereocenters. The Morgan fingerprint density at radius 2 is 2.19 bits per heavy atom. The summed E-state index contributed by atoms with van der Waals surface area (Å²) >= 11 is 6.93. The first-order valence-corrected chi connectivity index (χ1v) is 7.53. The molecule has 112 valence electrons. The number of anilines is 1. The van der Waals surface area contributed by atoms with Crippen molar-refractivity contribution in [3.8, 4) is 5.95 Å². The van der Waals surface area contributed by atoms with Gasteiger partial charge < -0.3 is 14.9 Å². The molecule has 1 atom stereocenters. The Bertz CT molecular complexity index is 611. The molecule has 2 aromatic rings. The molecule has 2 rings (SSSR count). The van der Waals surface area contributed by atoms with Crippen LogP contribution in [-0.4, -0.2) is 16.4 Å². The van der Waals surface area contributed by atoms with Crippen molar-refractivity contribution < 1.29 is 19.1 Å². The van der Waals surface area contributed by atoms with Crippen molar-refractivity contribution >= 4 is 35.0 Å². The Kier molecular flexibility index (Phi) is 5.08. The highest BCUT2D eigenvalue weighted by Gasteiger charge is 2.25. The lowest BCUT2D eigenvalue weighted by molar-refractivity contribution is -0.772. The summed E-state index contributed by atoms with van der Waals surface area (Å²) in [5.41, 5.74) is 0.653. The second kappa shape index (κ2) is 6.82. The molecule has 1 aromatic carbocycles. The maximum Gasteiger partial charge on any atom is 0.291 e. The number of hydrogen-bond acceptors (Lipinski definition) is 5. The zero-order chi connectivity index (χ0) is 15.4. The molecule has 0 saturated heterocycles. The lowest BCUT2D eigenvalue weighted by Gasteiger charge is -2.12. The Morgan fingerprint density at radius 3 is 2.71 bits per heavy atom. The topological polar surface area (TPSA) is 82.1 Å². The van der Waals surface area contributed by atoms with Gasteiger partial charge in [0.05, 0.1) is 10.5 Å². The second-order valence-corrected chi connectivity index (χ2v) is 5.93. The third-order valence-electron chi connectivity index (χ3n) is 2.74. The summed E-state index contributed by atoms with van der Waals surface area (Å²) in [5.74, 6) is -0.731. The number of rotatable bonds is 5. The van der Waals surface area contributed by atoms with E-state index in [9.17, 15) is 9.90 Å². The molecule has 6 nitrogen and oxygen atoms in total. The third kappa shape index (κ3) is 3.89. The van der Waals surface area contributed by atoms with Crippen LogP contribution in [0, 0.1) is 0 Å². The van der Waals surface area contributed by atoms with Crippen LogP contribution in [0.1, 0.15) is 13.3 Å². The summed E-state index contributed by atoms with van der Waals surface area (Å²) in [5, 5.41) is 18.3. The maximum absolute atomic E-state index is 12.3. The average Bonchev–Trinajstić information content (AvgIpc) is 2.78. The summed E-state index contributed by atoms with van der Waals surface area (Å²) in [6.07, 6.45) is 0.564. The van der Waals surface area contributed by atoms with E-state index in [1.165, 1.54) is 4.68 Å². The predicted molar refractivity (Wildman–Crippen MR) is 77.1 cm³/mol. The van der Waals surface area contributed by atoms with Gasteiger partial charge in [-0.05, 0) is 42.4 Å². The first kappa shape index (κ1) is 15.7. The van der Waals surface area contributed by atoms with E-state index in [2.05, 4.69) is 15.1 Å². The van der Waals surface area contributed by atoms with Gasteiger partial charge in [0.15, 0.2) is 13.0 Å². The molecule has 0 fully saturated rings. The number of hydrogen-bond donors (Lipinski definition) is 1. The standard InChI is InChI=1S/C13H14ClN3O3S/c1-3-10(21-12-13(19)20-16-17(12)2)11(18)15-9-6-4-8(14)5-7-9/h4-7,10H,3H2,1-2H3,(H-,15,16,18,19). The van der Waals surface area contributed by atoms with Gasteiger partial charge in [-0.25, -0.2) is 0 Å². The van der Waals surface area contributed by atoms with E-state index in [1.54, 1.807) is 31.3 Å². The molecular weight excluding hydrogens is 314 g/mol. The maximum atomic E-state index is 12.3. The van der Waals surface area contributed by atoms with Crippen molar-refractivity contribution in [3.05, 3.63) is 29.3 Å². The van der Waals surface area contributed by atoms with E-state index in [0.29, 0.717) is 22.2 Å². The number of nitrogens with zero attached hydrogens (tertiary/aromatic N) is 2. The van der Waals surface area contributed by atoms with Gasteiger partial charge in [-0.1, -0.05) is 23.2 Å². The Hall–Kier alpha value is -1.73. The van der Waals surface area contributed by atoms with Gasteiger partial charge in [0.2, 0.25) is 5.91 Å². The van der Waals surface area contributed by atoms with Gasteiger partial charge in [-0.2, -0.15) is 0 Å². The molecule has 0 spiro atoms. The van der Waals surface area contributed by atoms with E-state index in [1.807, 2.05) is 6.92 Å². The molecule has 21 heavy (non-hydrogen) atoms. The molecule has 1 amide bonds. The number of halogens is 1. The Balaban J connectivity index is 2.06. The summed E-state index contributed by atoms with van der Waals surface area (Å²) in [7, 11) is 1.59. The number of aromatic nitrogens is 2. The van der Waals surface area contributed by atoms with Crippen LogP contribution in [0.4, 0.5) is 5.69 Å². The molecule has 1 N–H and O–H groups in total. The van der Waals surface area contributed by atoms with Crippen LogP contribution in [0.5, 0.6) is 5.95 Å². The predicted octanol–water partition coefficient (Wildman–Crippen LogP) is 1.74. The summed E-state index contributed by atoms with van der Waals surface area (Å²) in [6.45, 7) is 1.87. The molecule has 0 saturated carbocycles. The van der Waals surface area contributed by atoms with Gasteiger partial charge in [0.1, 0.15) is 0 Å². The fraction of sp³-hybridized carbons (Fsp3) is 0.308. The van der Waals surface area contributed by atoms with Gasteiger partial charge in [0, 0.05) is 10.7 Å². The normalized spacial score (nSPS) is 12.1. The van der Waals surface area contributed by atoms with Crippen LogP contribution < -0.4 is 15.1 Å². The Morgan fingerprint density at radius 1 is 1.52 bits per heavy atom. The fourth-order valence-electron chi connectivity index (χ4n) is 1.64. The van der Waals surface area contributed by atoms with Crippen LogP contribution in [0.3, 0.4) is 0 Å². The highest BCUT2D eigenvalue weighted by Crippen LogP contribution is 2.28. The number of carbonyl (C=O) groups is 1. The largest absolute Gasteiger partial charge is 0.538 e. The summed E-state index contributed by atoms with van der Waals surface area (Å²) in [6, 6.07) is 6.83. The van der Waals surface area contributed by atoms with E-state index in [4.69, 9.17) is 11.6 Å². The highest BCUT2D eigenvalue weighted by atomic mass is 35.5. The van der Waals surface area contributed by atoms with E-state index in [0.717, 1.165) is 11.8 Å². The van der Waals surface area contributed by atoms with Gasteiger partial charge in [-0.3, -0.25) is 4.79 Å². The number of carbonyl (C=O) groups excluding carboxylic acids is 1. The molecule has 0 aliphatic rings. The highest BCUT2D eigenvalue weighted by molar-refractivity contribution is 8.00. The van der Waals surface area contributed by atoms with Crippen molar-refractivity contribution in [1.82, 2.24) is 5.27 Å². The first-order chi connectivity index (χ1) is 10.0. The van der Waals surface area contributed by atoms with Crippen molar-refractivity contribution in [2.24, 2.45) is 7.05 Å². The van der Waals surface area contributed by atoms with Gasteiger partial charge >= 0.3 is 0 Å². The molecule has 0 bridgehead atoms. The lowest BCUT2D eigenvalue weighted by Crippen LogP contribution is -2.34. The number of benzene rings is 1. The minimum atomic E-state index is -0.541. The molecule has 0 aliphatic heterocycles. The van der Waals surface area contributed by atoms with Crippen LogP contribution in [0.2, 0.25) is 5.02 Å². The number of thioether (sulfide) groups is 1. The zero-order valence-corrected chi connectivity index (χ0v) is 13.1. The van der Waals surface area contributed by atoms with Crippen molar-refractivity contribution in [2.45, 2.75) is 23.6 Å².